The largest absolute Gasteiger partial charge is 0.481 e. The summed E-state index contributed by atoms with van der Waals surface area (Å²) < 4.78 is 17.1. The highest BCUT2D eigenvalue weighted by Gasteiger charge is 2.64. The molecule has 1 aromatic heterocycles. The third kappa shape index (κ3) is 8.66. The van der Waals surface area contributed by atoms with Crippen molar-refractivity contribution < 1.29 is 33.4 Å². The quantitative estimate of drug-likeness (QED) is 0.111. The molecule has 4 atom stereocenters. The van der Waals surface area contributed by atoms with Gasteiger partial charge in [-0.2, -0.15) is 0 Å². The molecular weight excluding hydrogens is 676 g/mol. The summed E-state index contributed by atoms with van der Waals surface area (Å²) in [5.74, 6) is -5.43. The summed E-state index contributed by atoms with van der Waals surface area (Å²) in [5, 5.41) is 16.6. The Balaban J connectivity index is 1.25. The number of nitrogens with one attached hydrogen (secondary N) is 1. The van der Waals surface area contributed by atoms with Crippen LogP contribution in [0.15, 0.2) is 118 Å². The van der Waals surface area contributed by atoms with Gasteiger partial charge in [-0.1, -0.05) is 74.5 Å². The van der Waals surface area contributed by atoms with Crippen molar-refractivity contribution in [2.24, 2.45) is 17.8 Å². The normalized spacial score (nSPS) is 17.7. The van der Waals surface area contributed by atoms with Crippen molar-refractivity contribution in [3.8, 4) is 23.0 Å². The number of nitrogens with zero attached hydrogens (tertiary/aromatic N) is 3. The smallest absolute Gasteiger partial charge is 0.434 e. The van der Waals surface area contributed by atoms with Gasteiger partial charge in [-0.3, -0.25) is 14.4 Å². The van der Waals surface area contributed by atoms with E-state index in [9.17, 15) is 24.3 Å². The molecule has 1 saturated carbocycles. The Morgan fingerprint density at radius 2 is 1.09 bits per heavy atom. The highest BCUT2D eigenvalue weighted by Crippen LogP contribution is 2.53. The molecule has 0 bridgehead atoms. The SMILES string of the molecule is CCCN(Cc1ccc(Oc2ccccc2)cc1)C(=O)[C@@H]1[C@H](C(=O)O)[C@@H](c2n[nH]c(=O)o2)[C@H]1C(=O)N(CCC)Cc1ccc(Oc2ccccc2)cc1. The fraction of sp³-hybridized carbons (Fsp3) is 0.293. The summed E-state index contributed by atoms with van der Waals surface area (Å²) in [7, 11) is 0. The number of aromatic amines is 1. The number of H-pyrrole nitrogens is 1. The first kappa shape index (κ1) is 36.6. The minimum atomic E-state index is -1.35. The van der Waals surface area contributed by atoms with Crippen molar-refractivity contribution in [2.45, 2.75) is 45.7 Å². The van der Waals surface area contributed by atoms with Crippen LogP contribution in [0, 0.1) is 17.8 Å². The number of carbonyl (C=O) groups excluding carboxylic acids is 2. The summed E-state index contributed by atoms with van der Waals surface area (Å²) >= 11 is 0. The molecule has 1 fully saturated rings. The van der Waals surface area contributed by atoms with Crippen molar-refractivity contribution >= 4 is 17.8 Å². The Morgan fingerprint density at radius 3 is 1.49 bits per heavy atom. The maximum absolute atomic E-state index is 14.6. The molecule has 1 aliphatic rings. The van der Waals surface area contributed by atoms with Gasteiger partial charge in [0.1, 0.15) is 23.0 Å². The molecule has 2 N–H and O–H groups in total. The van der Waals surface area contributed by atoms with E-state index in [4.69, 9.17) is 13.9 Å². The second-order valence-corrected chi connectivity index (χ2v) is 13.0. The second kappa shape index (κ2) is 16.9. The van der Waals surface area contributed by atoms with Gasteiger partial charge in [0.05, 0.1) is 23.7 Å². The number of para-hydroxylation sites is 2. The first-order chi connectivity index (χ1) is 25.7. The van der Waals surface area contributed by atoms with Crippen molar-refractivity contribution in [1.82, 2.24) is 20.0 Å². The summed E-state index contributed by atoms with van der Waals surface area (Å²) in [5.41, 5.74) is 1.63. The zero-order valence-corrected chi connectivity index (χ0v) is 29.6. The molecule has 274 valence electrons. The fourth-order valence-electron chi connectivity index (χ4n) is 6.87. The molecular formula is C41H42N4O8. The standard InChI is InChI=1S/C41H42N4O8/c1-3-23-44(25-27-15-19-31(20-16-27)51-29-11-7-5-8-12-29)38(46)34-33(37-42-43-41(50)53-37)36(40(48)49)35(34)39(47)45(24-4-2)26-28-17-21-32(22-18-28)52-30-13-9-6-10-14-30/h5-22,33-36H,3-4,23-26H2,1-2H3,(H,43,50)(H,48,49)/t33-,34+,35-,36+/m0/s1. The van der Waals surface area contributed by atoms with E-state index in [1.807, 2.05) is 123 Å². The van der Waals surface area contributed by atoms with Crippen LogP contribution in [0.5, 0.6) is 23.0 Å². The van der Waals surface area contributed by atoms with Crippen LogP contribution in [0.25, 0.3) is 0 Å². The van der Waals surface area contributed by atoms with Gasteiger partial charge in [0.25, 0.3) is 0 Å². The molecule has 6 rings (SSSR count). The predicted octanol–water partition coefficient (Wildman–Crippen LogP) is 6.86. The number of rotatable bonds is 16. The zero-order chi connectivity index (χ0) is 37.3. The molecule has 12 heteroatoms. The summed E-state index contributed by atoms with van der Waals surface area (Å²) in [6, 6.07) is 33.4. The molecule has 53 heavy (non-hydrogen) atoms. The fourth-order valence-corrected chi connectivity index (χ4v) is 6.87. The molecule has 5 aromatic rings. The molecule has 1 heterocycles. The van der Waals surface area contributed by atoms with E-state index in [0.29, 0.717) is 48.9 Å². The molecule has 2 amide bonds. The molecule has 0 unspecified atom stereocenters. The second-order valence-electron chi connectivity index (χ2n) is 13.0. The van der Waals surface area contributed by atoms with Gasteiger partial charge in [-0.15, -0.1) is 5.10 Å². The number of carbonyl (C=O) groups is 3. The van der Waals surface area contributed by atoms with Crippen molar-refractivity contribution in [2.75, 3.05) is 13.1 Å². The summed E-state index contributed by atoms with van der Waals surface area (Å²) in [6.45, 7) is 4.95. The number of aliphatic carboxylic acids is 1. The maximum Gasteiger partial charge on any atom is 0.434 e. The lowest BCUT2D eigenvalue weighted by atomic mass is 9.55. The van der Waals surface area contributed by atoms with Crippen LogP contribution < -0.4 is 15.2 Å². The Morgan fingerprint density at radius 1 is 0.660 bits per heavy atom. The molecule has 1 aliphatic carbocycles. The molecule has 0 spiro atoms. The highest BCUT2D eigenvalue weighted by atomic mass is 16.5. The summed E-state index contributed by atoms with van der Waals surface area (Å²) in [4.78, 5) is 57.2. The monoisotopic (exact) mass is 718 g/mol. The van der Waals surface area contributed by atoms with Crippen LogP contribution in [-0.4, -0.2) is 56.0 Å². The first-order valence-corrected chi connectivity index (χ1v) is 17.7. The van der Waals surface area contributed by atoms with Crippen LogP contribution >= 0.6 is 0 Å². The van der Waals surface area contributed by atoms with E-state index in [1.54, 1.807) is 9.80 Å². The predicted molar refractivity (Wildman–Crippen MR) is 195 cm³/mol. The van der Waals surface area contributed by atoms with Gasteiger partial charge < -0.3 is 28.8 Å². The third-order valence-electron chi connectivity index (χ3n) is 9.30. The van der Waals surface area contributed by atoms with Crippen LogP contribution in [0.3, 0.4) is 0 Å². The Labute approximate surface area is 307 Å². The van der Waals surface area contributed by atoms with Gasteiger partial charge in [0.2, 0.25) is 17.7 Å². The Hall–Kier alpha value is -6.17. The Kier molecular flexibility index (Phi) is 11.7. The Bertz CT molecular complexity index is 2030. The molecule has 12 nitrogen and oxygen atoms in total. The molecule has 0 aliphatic heterocycles. The van der Waals surface area contributed by atoms with E-state index >= 15 is 0 Å². The minimum absolute atomic E-state index is 0.195. The van der Waals surface area contributed by atoms with E-state index < -0.39 is 47.2 Å². The van der Waals surface area contributed by atoms with E-state index in [1.165, 1.54) is 0 Å². The van der Waals surface area contributed by atoms with Crippen molar-refractivity contribution in [3.05, 3.63) is 137 Å². The number of carboxylic acid groups (broad SMARTS) is 1. The number of amides is 2. The van der Waals surface area contributed by atoms with Gasteiger partial charge in [0.15, 0.2) is 0 Å². The summed E-state index contributed by atoms with van der Waals surface area (Å²) in [6.07, 6.45) is 1.22. The van der Waals surface area contributed by atoms with Crippen LogP contribution in [-0.2, 0) is 27.5 Å². The number of benzene rings is 4. The van der Waals surface area contributed by atoms with E-state index in [2.05, 4.69) is 10.2 Å². The molecule has 0 radical (unpaired) electrons. The lowest BCUT2D eigenvalue weighted by Crippen LogP contribution is -2.61. The number of ether oxygens (including phenoxy) is 2. The van der Waals surface area contributed by atoms with Crippen LogP contribution in [0.1, 0.15) is 49.6 Å². The minimum Gasteiger partial charge on any atom is -0.481 e. The van der Waals surface area contributed by atoms with Gasteiger partial charge in [0, 0.05) is 26.2 Å². The van der Waals surface area contributed by atoms with Gasteiger partial charge in [-0.25, -0.2) is 9.89 Å². The lowest BCUT2D eigenvalue weighted by Gasteiger charge is -2.48. The third-order valence-corrected chi connectivity index (χ3v) is 9.30. The average molecular weight is 719 g/mol. The van der Waals surface area contributed by atoms with E-state index in [0.717, 1.165) is 11.1 Å². The number of hydrogen-bond donors (Lipinski definition) is 2. The van der Waals surface area contributed by atoms with Crippen LogP contribution in [0.4, 0.5) is 0 Å². The maximum atomic E-state index is 14.6. The number of hydrogen-bond acceptors (Lipinski definition) is 8. The van der Waals surface area contributed by atoms with Crippen LogP contribution in [0.2, 0.25) is 0 Å². The van der Waals surface area contributed by atoms with Crippen molar-refractivity contribution in [3.63, 3.8) is 0 Å². The highest BCUT2D eigenvalue weighted by molar-refractivity contribution is 5.95. The first-order valence-electron chi connectivity index (χ1n) is 17.7. The van der Waals surface area contributed by atoms with Gasteiger partial charge in [-0.05, 0) is 72.5 Å². The molecule has 0 saturated heterocycles. The van der Waals surface area contributed by atoms with E-state index in [-0.39, 0.29) is 19.0 Å². The average Bonchev–Trinajstić information content (AvgIpc) is 3.58. The number of carboxylic acids is 1. The number of aromatic nitrogens is 2. The zero-order valence-electron chi connectivity index (χ0n) is 29.6. The topological polar surface area (TPSA) is 155 Å². The van der Waals surface area contributed by atoms with Gasteiger partial charge >= 0.3 is 11.7 Å². The lowest BCUT2D eigenvalue weighted by molar-refractivity contribution is -0.173. The van der Waals surface area contributed by atoms with Crippen molar-refractivity contribution in [1.29, 1.82) is 0 Å². The molecule has 4 aromatic carbocycles.